The van der Waals surface area contributed by atoms with Crippen LogP contribution in [-0.4, -0.2) is 41.3 Å². The van der Waals surface area contributed by atoms with Gasteiger partial charge in [0.25, 0.3) is 5.91 Å². The minimum atomic E-state index is -0.801. The Labute approximate surface area is 152 Å². The van der Waals surface area contributed by atoms with Crippen LogP contribution in [0.4, 0.5) is 0 Å². The van der Waals surface area contributed by atoms with Crippen LogP contribution in [0, 0.1) is 0 Å². The van der Waals surface area contributed by atoms with Gasteiger partial charge in [-0.1, -0.05) is 42.1 Å². The molecule has 0 aliphatic carbocycles. The van der Waals surface area contributed by atoms with Crippen molar-refractivity contribution in [2.45, 2.75) is 17.6 Å². The largest absolute Gasteiger partial charge is 0.467 e. The van der Waals surface area contributed by atoms with E-state index in [0.717, 1.165) is 5.56 Å². The normalized spacial score (nSPS) is 11.6. The lowest BCUT2D eigenvalue weighted by molar-refractivity contribution is -0.142. The number of hydrogen-bond acceptors (Lipinski definition) is 6. The molecule has 1 amide bonds. The summed E-state index contributed by atoms with van der Waals surface area (Å²) in [6, 6.07) is 8.60. The van der Waals surface area contributed by atoms with E-state index >= 15 is 0 Å². The molecule has 126 valence electrons. The van der Waals surface area contributed by atoms with Gasteiger partial charge in [-0.2, -0.15) is 0 Å². The van der Waals surface area contributed by atoms with Gasteiger partial charge in [-0.25, -0.2) is 14.8 Å². The molecule has 1 atom stereocenters. The topological polar surface area (TPSA) is 81.2 Å². The number of nitrogens with one attached hydrogen (secondary N) is 1. The molecule has 0 aliphatic rings. The number of carbonyl (C=O) groups excluding carboxylic acids is 2. The molecule has 0 aliphatic heterocycles. The first-order chi connectivity index (χ1) is 11.5. The predicted molar refractivity (Wildman–Crippen MR) is 94.9 cm³/mol. The van der Waals surface area contributed by atoms with Gasteiger partial charge in [-0.15, -0.1) is 0 Å². The number of methoxy groups -OCH3 is 1. The summed E-state index contributed by atoms with van der Waals surface area (Å²) < 4.78 is 5.25. The minimum absolute atomic E-state index is 0.177. The molecule has 1 aromatic heterocycles. The molecule has 0 radical (unpaired) electrons. The van der Waals surface area contributed by atoms with Gasteiger partial charge in [-0.3, -0.25) is 4.79 Å². The lowest BCUT2D eigenvalue weighted by atomic mass is 10.1. The summed E-state index contributed by atoms with van der Waals surface area (Å²) in [5.74, 6) is -0.978. The molecule has 0 unspecified atom stereocenters. The van der Waals surface area contributed by atoms with Crippen LogP contribution in [0.1, 0.15) is 16.1 Å². The first kappa shape index (κ1) is 18.4. The van der Waals surface area contributed by atoms with Gasteiger partial charge in [0.2, 0.25) is 0 Å². The Balaban J connectivity index is 2.20. The zero-order valence-electron chi connectivity index (χ0n) is 13.2. The second-order valence-electron chi connectivity index (χ2n) is 4.79. The number of esters is 1. The quantitative estimate of drug-likeness (QED) is 0.448. The van der Waals surface area contributed by atoms with Crippen LogP contribution in [0.5, 0.6) is 0 Å². The van der Waals surface area contributed by atoms with Crippen molar-refractivity contribution in [3.05, 3.63) is 52.3 Å². The summed E-state index contributed by atoms with van der Waals surface area (Å²) in [4.78, 5) is 32.8. The number of carbonyl (C=O) groups is 2. The summed E-state index contributed by atoms with van der Waals surface area (Å²) in [5, 5.41) is 3.15. The number of aromatic nitrogens is 2. The average molecular weight is 410 g/mol. The zero-order chi connectivity index (χ0) is 17.5. The van der Waals surface area contributed by atoms with Crippen molar-refractivity contribution in [3.63, 3.8) is 0 Å². The Hall–Kier alpha value is -1.93. The van der Waals surface area contributed by atoms with E-state index in [-0.39, 0.29) is 5.69 Å². The van der Waals surface area contributed by atoms with E-state index < -0.39 is 17.9 Å². The third-order valence-electron chi connectivity index (χ3n) is 3.19. The van der Waals surface area contributed by atoms with Crippen LogP contribution < -0.4 is 5.32 Å². The molecule has 2 rings (SSSR count). The molecule has 2 aromatic rings. The second kappa shape index (κ2) is 8.79. The summed E-state index contributed by atoms with van der Waals surface area (Å²) in [5.41, 5.74) is 1.09. The van der Waals surface area contributed by atoms with Crippen molar-refractivity contribution in [1.29, 1.82) is 0 Å². The van der Waals surface area contributed by atoms with Crippen molar-refractivity contribution >= 4 is 39.6 Å². The van der Waals surface area contributed by atoms with Gasteiger partial charge in [0.15, 0.2) is 5.16 Å². The number of hydrogen-bond donors (Lipinski definition) is 1. The maximum absolute atomic E-state index is 12.5. The number of thioether (sulfide) groups is 1. The summed E-state index contributed by atoms with van der Waals surface area (Å²) in [7, 11) is 1.29. The number of nitrogens with zero attached hydrogens (tertiary/aromatic N) is 2. The van der Waals surface area contributed by atoms with E-state index in [4.69, 9.17) is 4.74 Å². The van der Waals surface area contributed by atoms with Crippen molar-refractivity contribution < 1.29 is 14.3 Å². The molecule has 8 heteroatoms. The average Bonchev–Trinajstić information content (AvgIpc) is 2.61. The number of ether oxygens (including phenoxy) is 1. The fourth-order valence-electron chi connectivity index (χ4n) is 2.02. The maximum Gasteiger partial charge on any atom is 0.328 e. The van der Waals surface area contributed by atoms with Crippen molar-refractivity contribution in [1.82, 2.24) is 15.3 Å². The Morgan fingerprint density at radius 1 is 1.33 bits per heavy atom. The molecule has 0 saturated carbocycles. The molecule has 6 nitrogen and oxygen atoms in total. The first-order valence-electron chi connectivity index (χ1n) is 7.04. The van der Waals surface area contributed by atoms with Crippen LogP contribution in [-0.2, 0) is 16.0 Å². The van der Waals surface area contributed by atoms with Gasteiger partial charge in [0, 0.05) is 12.6 Å². The Morgan fingerprint density at radius 3 is 2.67 bits per heavy atom. The highest BCUT2D eigenvalue weighted by Crippen LogP contribution is 2.17. The van der Waals surface area contributed by atoms with Crippen molar-refractivity contribution in [3.8, 4) is 0 Å². The third-order valence-corrected chi connectivity index (χ3v) is 4.34. The lowest BCUT2D eigenvalue weighted by Gasteiger charge is -2.17. The smallest absolute Gasteiger partial charge is 0.328 e. The monoisotopic (exact) mass is 409 g/mol. The van der Waals surface area contributed by atoms with Crippen LogP contribution in [0.3, 0.4) is 0 Å². The minimum Gasteiger partial charge on any atom is -0.467 e. The summed E-state index contributed by atoms with van der Waals surface area (Å²) in [6.07, 6.45) is 3.66. The van der Waals surface area contributed by atoms with Crippen LogP contribution in [0.25, 0.3) is 0 Å². The molecule has 0 bridgehead atoms. The molecule has 1 N–H and O–H groups in total. The number of benzene rings is 1. The number of halogens is 1. The lowest BCUT2D eigenvalue weighted by Crippen LogP contribution is -2.43. The SMILES string of the molecule is COC(=O)[C@H](Cc1ccccc1)NC(=O)c1nc(SC)ncc1Br. The maximum atomic E-state index is 12.5. The van der Waals surface area contributed by atoms with E-state index in [1.54, 1.807) is 0 Å². The van der Waals surface area contributed by atoms with Crippen molar-refractivity contribution in [2.75, 3.05) is 13.4 Å². The number of amides is 1. The van der Waals surface area contributed by atoms with Gasteiger partial charge in [0.1, 0.15) is 11.7 Å². The Morgan fingerprint density at radius 2 is 2.04 bits per heavy atom. The van der Waals surface area contributed by atoms with Gasteiger partial charge in [-0.05, 0) is 27.7 Å². The van der Waals surface area contributed by atoms with Crippen LogP contribution in [0.15, 0.2) is 46.2 Å². The van der Waals surface area contributed by atoms with Gasteiger partial charge in [0.05, 0.1) is 11.6 Å². The van der Waals surface area contributed by atoms with Crippen molar-refractivity contribution in [2.24, 2.45) is 0 Å². The third kappa shape index (κ3) is 4.78. The molecule has 1 heterocycles. The second-order valence-corrected chi connectivity index (χ2v) is 6.42. The van der Waals surface area contributed by atoms with Gasteiger partial charge >= 0.3 is 5.97 Å². The molecule has 0 fully saturated rings. The van der Waals surface area contributed by atoms with Crippen LogP contribution >= 0.6 is 27.7 Å². The molecule has 0 saturated heterocycles. The zero-order valence-corrected chi connectivity index (χ0v) is 15.6. The standard InChI is InChI=1S/C16H16BrN3O3S/c1-23-15(22)12(8-10-6-4-3-5-7-10)19-14(21)13-11(17)9-18-16(20-13)24-2/h3-7,9,12H,8H2,1-2H3,(H,19,21)/t12-/m0/s1. The number of rotatable bonds is 6. The summed E-state index contributed by atoms with van der Waals surface area (Å²) in [6.45, 7) is 0. The summed E-state index contributed by atoms with van der Waals surface area (Å²) >= 11 is 4.59. The highest BCUT2D eigenvalue weighted by molar-refractivity contribution is 9.10. The van der Waals surface area contributed by atoms with Gasteiger partial charge < -0.3 is 10.1 Å². The first-order valence-corrected chi connectivity index (χ1v) is 9.06. The molecular weight excluding hydrogens is 394 g/mol. The van der Waals surface area contributed by atoms with E-state index in [2.05, 4.69) is 31.2 Å². The molecule has 0 spiro atoms. The van der Waals surface area contributed by atoms with E-state index in [0.29, 0.717) is 16.0 Å². The fraction of sp³-hybridized carbons (Fsp3) is 0.250. The van der Waals surface area contributed by atoms with E-state index in [1.807, 2.05) is 36.6 Å². The highest BCUT2D eigenvalue weighted by Gasteiger charge is 2.24. The van der Waals surface area contributed by atoms with E-state index in [9.17, 15) is 9.59 Å². The van der Waals surface area contributed by atoms with Crippen LogP contribution in [0.2, 0.25) is 0 Å². The van der Waals surface area contributed by atoms with E-state index in [1.165, 1.54) is 25.1 Å². The Kier molecular flexibility index (Phi) is 6.74. The fourth-order valence-corrected chi connectivity index (χ4v) is 2.73. The Bertz CT molecular complexity index is 728. The molecule has 1 aromatic carbocycles. The molecular formula is C16H16BrN3O3S. The predicted octanol–water partition coefficient (Wildman–Crippen LogP) is 2.48. The molecule has 24 heavy (non-hydrogen) atoms. The highest BCUT2D eigenvalue weighted by atomic mass is 79.9.